The standard InChI is InChI=1S/C18H29NO/c1-15-7-5-6-8-16(15)13-18(9-11-20-12-10-18)14-19-17(2,3)4/h5-8,19H,9-14H2,1-4H3. The molecule has 0 aromatic heterocycles. The summed E-state index contributed by atoms with van der Waals surface area (Å²) >= 11 is 0. The molecule has 0 atom stereocenters. The van der Waals surface area contributed by atoms with Crippen molar-refractivity contribution in [2.75, 3.05) is 19.8 Å². The van der Waals surface area contributed by atoms with Gasteiger partial charge >= 0.3 is 0 Å². The average Bonchev–Trinajstić information content (AvgIpc) is 2.40. The van der Waals surface area contributed by atoms with Crippen LogP contribution in [0.25, 0.3) is 0 Å². The van der Waals surface area contributed by atoms with E-state index in [2.05, 4.69) is 57.3 Å². The van der Waals surface area contributed by atoms with Crippen molar-refractivity contribution in [2.45, 2.75) is 52.5 Å². The van der Waals surface area contributed by atoms with Crippen LogP contribution in [0.1, 0.15) is 44.7 Å². The molecule has 0 radical (unpaired) electrons. The van der Waals surface area contributed by atoms with Gasteiger partial charge in [-0.2, -0.15) is 0 Å². The second-order valence-corrected chi connectivity index (χ2v) is 7.32. The summed E-state index contributed by atoms with van der Waals surface area (Å²) in [4.78, 5) is 0. The van der Waals surface area contributed by atoms with Crippen LogP contribution in [0.5, 0.6) is 0 Å². The average molecular weight is 275 g/mol. The van der Waals surface area contributed by atoms with Gasteiger partial charge in [0.1, 0.15) is 0 Å². The van der Waals surface area contributed by atoms with Gasteiger partial charge in [0.05, 0.1) is 0 Å². The number of hydrogen-bond acceptors (Lipinski definition) is 2. The van der Waals surface area contributed by atoms with E-state index in [9.17, 15) is 0 Å². The molecule has 1 aliphatic rings. The molecule has 1 heterocycles. The Bertz CT molecular complexity index is 427. The number of benzene rings is 1. The zero-order valence-electron chi connectivity index (χ0n) is 13.5. The second-order valence-electron chi connectivity index (χ2n) is 7.32. The third-order valence-electron chi connectivity index (χ3n) is 4.37. The summed E-state index contributed by atoms with van der Waals surface area (Å²) in [5.74, 6) is 0. The van der Waals surface area contributed by atoms with Gasteiger partial charge in [-0.05, 0) is 63.5 Å². The fourth-order valence-corrected chi connectivity index (χ4v) is 2.89. The van der Waals surface area contributed by atoms with Gasteiger partial charge in [0.2, 0.25) is 0 Å². The molecule has 0 bridgehead atoms. The number of rotatable bonds is 4. The highest BCUT2D eigenvalue weighted by Gasteiger charge is 2.33. The molecule has 2 rings (SSSR count). The van der Waals surface area contributed by atoms with E-state index in [4.69, 9.17) is 4.74 Å². The highest BCUT2D eigenvalue weighted by molar-refractivity contribution is 5.27. The van der Waals surface area contributed by atoms with Crippen LogP contribution in [0.3, 0.4) is 0 Å². The predicted octanol–water partition coefficient (Wildman–Crippen LogP) is 3.72. The van der Waals surface area contributed by atoms with Crippen LogP contribution in [-0.2, 0) is 11.2 Å². The van der Waals surface area contributed by atoms with Crippen LogP contribution in [0.4, 0.5) is 0 Å². The lowest BCUT2D eigenvalue weighted by molar-refractivity contribution is 0.0121. The lowest BCUT2D eigenvalue weighted by Gasteiger charge is -2.40. The van der Waals surface area contributed by atoms with Gasteiger partial charge in [0.15, 0.2) is 0 Å². The molecule has 20 heavy (non-hydrogen) atoms. The molecule has 1 saturated heterocycles. The van der Waals surface area contributed by atoms with Crippen LogP contribution >= 0.6 is 0 Å². The van der Waals surface area contributed by atoms with Crippen molar-refractivity contribution in [3.63, 3.8) is 0 Å². The fraction of sp³-hybridized carbons (Fsp3) is 0.667. The molecule has 0 amide bonds. The number of hydrogen-bond donors (Lipinski definition) is 1. The number of ether oxygens (including phenoxy) is 1. The van der Waals surface area contributed by atoms with Crippen LogP contribution in [0.15, 0.2) is 24.3 Å². The Kier molecular flexibility index (Phi) is 4.87. The van der Waals surface area contributed by atoms with E-state index in [-0.39, 0.29) is 5.54 Å². The first kappa shape index (κ1) is 15.5. The van der Waals surface area contributed by atoms with Crippen LogP contribution in [0.2, 0.25) is 0 Å². The van der Waals surface area contributed by atoms with Gasteiger partial charge < -0.3 is 10.1 Å². The van der Waals surface area contributed by atoms with Crippen molar-refractivity contribution in [3.05, 3.63) is 35.4 Å². The van der Waals surface area contributed by atoms with Crippen LogP contribution in [-0.4, -0.2) is 25.3 Å². The Morgan fingerprint density at radius 2 is 1.80 bits per heavy atom. The minimum atomic E-state index is 0.178. The lowest BCUT2D eigenvalue weighted by atomic mass is 9.74. The topological polar surface area (TPSA) is 21.3 Å². The van der Waals surface area contributed by atoms with E-state index >= 15 is 0 Å². The first-order chi connectivity index (χ1) is 9.40. The monoisotopic (exact) mass is 275 g/mol. The van der Waals surface area contributed by atoms with Gasteiger partial charge in [-0.15, -0.1) is 0 Å². The van der Waals surface area contributed by atoms with Crippen LogP contribution in [0, 0.1) is 12.3 Å². The number of aryl methyl sites for hydroxylation is 1. The molecule has 0 unspecified atom stereocenters. The third kappa shape index (κ3) is 4.32. The Balaban J connectivity index is 2.12. The van der Waals surface area contributed by atoms with Crippen molar-refractivity contribution >= 4 is 0 Å². The Hall–Kier alpha value is -0.860. The van der Waals surface area contributed by atoms with Crippen molar-refractivity contribution in [1.29, 1.82) is 0 Å². The van der Waals surface area contributed by atoms with E-state index < -0.39 is 0 Å². The van der Waals surface area contributed by atoms with Crippen molar-refractivity contribution in [3.8, 4) is 0 Å². The van der Waals surface area contributed by atoms with E-state index in [0.717, 1.165) is 39.0 Å². The Morgan fingerprint density at radius 1 is 1.15 bits per heavy atom. The molecule has 1 aromatic carbocycles. The van der Waals surface area contributed by atoms with Gasteiger partial charge in [-0.3, -0.25) is 0 Å². The molecule has 1 aromatic rings. The van der Waals surface area contributed by atoms with E-state index in [1.165, 1.54) is 11.1 Å². The summed E-state index contributed by atoms with van der Waals surface area (Å²) in [6.45, 7) is 11.8. The summed E-state index contributed by atoms with van der Waals surface area (Å²) in [7, 11) is 0. The summed E-state index contributed by atoms with van der Waals surface area (Å²) in [5, 5.41) is 3.72. The van der Waals surface area contributed by atoms with Gasteiger partial charge in [0.25, 0.3) is 0 Å². The van der Waals surface area contributed by atoms with E-state index in [1.807, 2.05) is 0 Å². The zero-order valence-corrected chi connectivity index (χ0v) is 13.5. The largest absolute Gasteiger partial charge is 0.381 e. The normalized spacial score (nSPS) is 19.0. The molecule has 2 nitrogen and oxygen atoms in total. The molecule has 0 aliphatic carbocycles. The first-order valence-corrected chi connectivity index (χ1v) is 7.78. The van der Waals surface area contributed by atoms with Gasteiger partial charge in [-0.1, -0.05) is 24.3 Å². The molecule has 1 N–H and O–H groups in total. The molecule has 1 aliphatic heterocycles. The zero-order chi connectivity index (χ0) is 14.6. The molecule has 0 saturated carbocycles. The lowest BCUT2D eigenvalue weighted by Crippen LogP contribution is -2.47. The van der Waals surface area contributed by atoms with Crippen molar-refractivity contribution < 1.29 is 4.74 Å². The second kappa shape index (κ2) is 6.28. The molecule has 0 spiro atoms. The van der Waals surface area contributed by atoms with Crippen LogP contribution < -0.4 is 5.32 Å². The van der Waals surface area contributed by atoms with Gasteiger partial charge in [-0.25, -0.2) is 0 Å². The Morgan fingerprint density at radius 3 is 2.40 bits per heavy atom. The van der Waals surface area contributed by atoms with E-state index in [1.54, 1.807) is 0 Å². The molecule has 112 valence electrons. The maximum Gasteiger partial charge on any atom is 0.0471 e. The SMILES string of the molecule is Cc1ccccc1CC1(CNC(C)(C)C)CCOCC1. The Labute approximate surface area is 123 Å². The maximum absolute atomic E-state index is 5.60. The van der Waals surface area contributed by atoms with E-state index in [0.29, 0.717) is 5.41 Å². The summed E-state index contributed by atoms with van der Waals surface area (Å²) in [5.41, 5.74) is 3.42. The molecular formula is C18H29NO. The molecule has 2 heteroatoms. The highest BCUT2D eigenvalue weighted by Crippen LogP contribution is 2.35. The quantitative estimate of drug-likeness (QED) is 0.904. The molecular weight excluding hydrogens is 246 g/mol. The highest BCUT2D eigenvalue weighted by atomic mass is 16.5. The minimum Gasteiger partial charge on any atom is -0.381 e. The minimum absolute atomic E-state index is 0.178. The predicted molar refractivity (Wildman–Crippen MR) is 85.1 cm³/mol. The van der Waals surface area contributed by atoms with Crippen molar-refractivity contribution in [2.24, 2.45) is 5.41 Å². The maximum atomic E-state index is 5.60. The molecule has 1 fully saturated rings. The first-order valence-electron chi connectivity index (χ1n) is 7.78. The summed E-state index contributed by atoms with van der Waals surface area (Å²) in [6, 6.07) is 8.79. The summed E-state index contributed by atoms with van der Waals surface area (Å²) < 4.78 is 5.60. The number of nitrogens with one attached hydrogen (secondary N) is 1. The third-order valence-corrected chi connectivity index (χ3v) is 4.37. The van der Waals surface area contributed by atoms with Crippen molar-refractivity contribution in [1.82, 2.24) is 5.32 Å². The van der Waals surface area contributed by atoms with Gasteiger partial charge in [0, 0.05) is 25.3 Å². The fourth-order valence-electron chi connectivity index (χ4n) is 2.89. The summed E-state index contributed by atoms with van der Waals surface area (Å²) in [6.07, 6.45) is 3.47. The smallest absolute Gasteiger partial charge is 0.0471 e.